The number of furan rings is 1. The Bertz CT molecular complexity index is 8230. The number of hydrogen-bond acceptors (Lipinski definition) is 2. The summed E-state index contributed by atoms with van der Waals surface area (Å²) in [7, 11) is 0. The fourth-order valence-electron chi connectivity index (χ4n) is 31.9. The summed E-state index contributed by atoms with van der Waals surface area (Å²) in [5.41, 5.74) is 59.8. The Hall–Kier alpha value is -12.4. The van der Waals surface area contributed by atoms with Crippen molar-refractivity contribution in [1.82, 2.24) is 0 Å². The first-order valence-electron chi connectivity index (χ1n) is 58.9. The zero-order valence-electron chi connectivity index (χ0n) is 92.8. The number of hydrogen-bond donors (Lipinski definition) is 0. The molecule has 0 radical (unpaired) electrons. The number of unbranched alkanes of at least 4 members (excludes halogenated alkanes) is 16. The minimum absolute atomic E-state index is 0.0161. The van der Waals surface area contributed by atoms with Gasteiger partial charge < -0.3 is 9.32 Å². The highest BCUT2D eigenvalue weighted by Gasteiger charge is 2.55. The van der Waals surface area contributed by atoms with Gasteiger partial charge in [-0.3, -0.25) is 0 Å². The van der Waals surface area contributed by atoms with Crippen LogP contribution in [0.4, 0.5) is 17.1 Å². The van der Waals surface area contributed by atoms with Crippen LogP contribution in [0.15, 0.2) is 283 Å². The molecule has 4 atom stereocenters. The molecule has 4 unspecified atom stereocenters. The van der Waals surface area contributed by atoms with Gasteiger partial charge in [0.15, 0.2) is 0 Å². The first-order valence-corrected chi connectivity index (χ1v) is 58.9. The lowest BCUT2D eigenvalue weighted by molar-refractivity contribution is 0.273. The molecule has 2 heteroatoms. The Balaban J connectivity index is 0.533. The van der Waals surface area contributed by atoms with Crippen molar-refractivity contribution in [3.05, 3.63) is 390 Å². The second-order valence-electron chi connectivity index (χ2n) is 51.7. The predicted octanol–water partition coefficient (Wildman–Crippen LogP) is 40.3. The van der Waals surface area contributed by atoms with E-state index in [9.17, 15) is 0 Å². The van der Waals surface area contributed by atoms with E-state index in [-0.39, 0.29) is 49.2 Å². The molecule has 14 aromatic carbocycles. The second kappa shape index (κ2) is 36.4. The van der Waals surface area contributed by atoms with Crippen molar-refractivity contribution in [3.8, 4) is 100 Å². The zero-order chi connectivity index (χ0) is 103. The van der Waals surface area contributed by atoms with Gasteiger partial charge in [0, 0.05) is 65.7 Å². The number of fused-ring (bicyclic) bond motifs is 31. The van der Waals surface area contributed by atoms with Crippen LogP contribution < -0.4 is 15.5 Å². The Kier molecular flexibility index (Phi) is 23.6. The van der Waals surface area contributed by atoms with Gasteiger partial charge in [0.2, 0.25) is 0 Å². The van der Waals surface area contributed by atoms with Crippen LogP contribution in [0.5, 0.6) is 0 Å². The molecule has 2 nitrogen and oxygen atoms in total. The molecule has 0 N–H and O–H groups in total. The van der Waals surface area contributed by atoms with Gasteiger partial charge in [-0.1, -0.05) is 428 Å². The molecule has 0 spiro atoms. The first-order chi connectivity index (χ1) is 72.6. The Morgan fingerprint density at radius 1 is 0.327 bits per heavy atom. The third-order valence-electron chi connectivity index (χ3n) is 40.3. The van der Waals surface area contributed by atoms with Gasteiger partial charge in [-0.15, -0.1) is 0 Å². The third kappa shape index (κ3) is 14.9. The first kappa shape index (κ1) is 97.2. The van der Waals surface area contributed by atoms with Crippen molar-refractivity contribution in [2.75, 3.05) is 4.90 Å². The maximum Gasteiger partial charge on any atom is 0.139 e. The largest absolute Gasteiger partial charge is 0.456 e. The number of allylic oxidation sites excluding steroid dienone is 4. The van der Waals surface area contributed by atoms with Gasteiger partial charge in [-0.05, 0) is 388 Å². The van der Waals surface area contributed by atoms with E-state index in [4.69, 9.17) is 4.42 Å². The predicted molar refractivity (Wildman–Crippen MR) is 637 cm³/mol. The number of benzene rings is 14. The van der Waals surface area contributed by atoms with E-state index >= 15 is 0 Å². The molecule has 1 heterocycles. The van der Waals surface area contributed by atoms with Gasteiger partial charge in [-0.2, -0.15) is 0 Å². The van der Waals surface area contributed by atoms with Crippen molar-refractivity contribution in [1.29, 1.82) is 0 Å². The zero-order valence-corrected chi connectivity index (χ0v) is 92.8. The Morgan fingerprint density at radius 3 is 1.37 bits per heavy atom. The number of rotatable bonds is 31. The monoisotopic (exact) mass is 1960 g/mol. The minimum Gasteiger partial charge on any atom is -0.456 e. The normalized spacial score (nSPS) is 19.1. The summed E-state index contributed by atoms with van der Waals surface area (Å²) >= 11 is 0. The number of nitrogens with zero attached hydrogens (tertiary/aromatic N) is 1. The summed E-state index contributed by atoms with van der Waals surface area (Å²) in [5.74, 6) is 1.75. The topological polar surface area (TPSA) is 16.4 Å². The van der Waals surface area contributed by atoms with Crippen molar-refractivity contribution in [2.24, 2.45) is 11.8 Å². The van der Waals surface area contributed by atoms with Crippen LogP contribution in [-0.2, 0) is 43.3 Å². The van der Waals surface area contributed by atoms with Gasteiger partial charge in [0.05, 0.1) is 0 Å². The van der Waals surface area contributed by atoms with Crippen LogP contribution in [0.1, 0.15) is 403 Å². The maximum atomic E-state index is 7.43. The smallest absolute Gasteiger partial charge is 0.139 e. The fourth-order valence-corrected chi connectivity index (χ4v) is 31.9. The van der Waals surface area contributed by atoms with E-state index in [1.165, 1.54) is 372 Å². The molecular formula is C148H155NO. The van der Waals surface area contributed by atoms with Crippen LogP contribution in [-0.4, -0.2) is 0 Å². The van der Waals surface area contributed by atoms with Gasteiger partial charge in [0.1, 0.15) is 11.0 Å². The Morgan fingerprint density at radius 2 is 0.767 bits per heavy atom. The summed E-state index contributed by atoms with van der Waals surface area (Å²) in [6, 6.07) is 106. The SMILES string of the molecule is CCCCCCCC1(CCCCCCC)c2ccccc2-c2ccc(-c3ccc4c(c3)C(C)(C)c3cc(C5=c6oc7ccccc7c6=C6c7cc8c(cc7C(C)(C)C6C5)-c5ccc(N(c6ccc(C(C)(C)C)cc6)c6ccc7c(c6)C(C)(C)c6cc(-c9ccc%10c(c9)C(C)(C)c9cc(-c%11ccc%12c(c%11)C(CCCCCCC)(CCCCCCC)C%11CC=CC=C%12%11)ccc9-%10)c9c(c6-7)-c6ccccc6C6CC96)cc5C8(C)C)ccc3-4)cc21. The molecule has 1 fully saturated rings. The molecule has 0 aliphatic heterocycles. The molecule has 11 aliphatic rings. The molecular weight excluding hydrogens is 1810 g/mol. The number of para-hydroxylation sites is 1. The van der Waals surface area contributed by atoms with Crippen molar-refractivity contribution in [3.63, 3.8) is 0 Å². The fraction of sp³-hybridized carbons (Fsp3) is 0.378. The van der Waals surface area contributed by atoms with Crippen LogP contribution in [0.2, 0.25) is 0 Å². The standard InChI is InChI=1S/C148H155NO/c1-18-22-26-30-42-74-147(75-43-31-27-23-19-2)120-51-39-36-47-102(120)108-68-56-93(80-130(108)147)91-54-66-104-106-70-58-95(82-124(106)142(8,9)122(104)78-91)114-87-132-136(138-111-49-35-34-46-101(111)116-86-118(116)135(114)138)112-73-65-100(85-127(112)145(132,14)15)149(98-62-60-97(61-63-98)141(5,6)7)99-64-72-110-117-89-129-119(90-128(117)144(12,13)126(110)84-99)137-133(146(129,16)17)88-115(140-139(137)113-50-38-41-53-134(113)150-140)96-59-71-107-105-67-55-92(79-123(105)143(10,11)125(107)83-96)94-57-69-109-103-48-37-40-52-121(103)148(131(109)81-94,76-44-32-28-24-20-3)77-45-33-29-25-21-4/h34-41,46-50,52-73,78-85,87,89-90,116,118,120,133H,18-33,42-45,51,74-77,86,88H2,1-17H3. The highest BCUT2D eigenvalue weighted by molar-refractivity contribution is 6.04. The molecule has 150 heavy (non-hydrogen) atoms. The molecule has 0 amide bonds. The highest BCUT2D eigenvalue weighted by Crippen LogP contribution is 2.70. The molecule has 0 saturated heterocycles. The summed E-state index contributed by atoms with van der Waals surface area (Å²) < 4.78 is 7.43. The minimum atomic E-state index is -0.350. The summed E-state index contributed by atoms with van der Waals surface area (Å²) in [5, 5.41) is 2.49. The number of anilines is 3. The van der Waals surface area contributed by atoms with E-state index in [2.05, 4.69) is 402 Å². The van der Waals surface area contributed by atoms with Crippen molar-refractivity contribution < 1.29 is 4.42 Å². The molecule has 11 aliphatic carbocycles. The third-order valence-corrected chi connectivity index (χ3v) is 40.3. The summed E-state index contributed by atoms with van der Waals surface area (Å²) in [6.45, 7) is 41.7. The molecule has 1 aromatic heterocycles. The van der Waals surface area contributed by atoms with Gasteiger partial charge >= 0.3 is 0 Å². The average molecular weight is 1960 g/mol. The quantitative estimate of drug-likeness (QED) is 0.0403. The molecule has 758 valence electrons. The van der Waals surface area contributed by atoms with E-state index in [0.717, 1.165) is 29.5 Å². The van der Waals surface area contributed by atoms with Crippen LogP contribution in [0, 0.1) is 11.8 Å². The lowest BCUT2D eigenvalue weighted by atomic mass is 9.65. The van der Waals surface area contributed by atoms with Crippen molar-refractivity contribution >= 4 is 44.8 Å². The van der Waals surface area contributed by atoms with E-state index in [0.29, 0.717) is 17.8 Å². The average Bonchev–Trinajstić information content (AvgIpc) is 1.52. The van der Waals surface area contributed by atoms with Gasteiger partial charge in [-0.25, -0.2) is 0 Å². The maximum absolute atomic E-state index is 7.43. The highest BCUT2D eigenvalue weighted by atomic mass is 16.3. The van der Waals surface area contributed by atoms with E-state index in [1.807, 2.05) is 0 Å². The molecule has 0 bridgehead atoms. The lowest BCUT2D eigenvalue weighted by Gasteiger charge is -2.38. The molecule has 15 aromatic rings. The van der Waals surface area contributed by atoms with E-state index in [1.54, 1.807) is 27.8 Å². The van der Waals surface area contributed by atoms with Crippen LogP contribution in [0.25, 0.3) is 128 Å². The summed E-state index contributed by atoms with van der Waals surface area (Å²) in [6.07, 6.45) is 41.9. The van der Waals surface area contributed by atoms with E-state index < -0.39 is 0 Å². The lowest BCUT2D eigenvalue weighted by Crippen LogP contribution is -2.36. The molecule has 1 saturated carbocycles. The molecule has 26 rings (SSSR count). The second-order valence-corrected chi connectivity index (χ2v) is 51.7. The summed E-state index contributed by atoms with van der Waals surface area (Å²) in [4.78, 5) is 2.60. The van der Waals surface area contributed by atoms with Crippen LogP contribution in [0.3, 0.4) is 0 Å². The van der Waals surface area contributed by atoms with Crippen molar-refractivity contribution in [2.45, 2.75) is 346 Å². The van der Waals surface area contributed by atoms with Gasteiger partial charge in [0.25, 0.3) is 0 Å². The van der Waals surface area contributed by atoms with Crippen LogP contribution >= 0.6 is 0 Å². The Labute approximate surface area is 895 Å².